The van der Waals surface area contributed by atoms with Crippen LogP contribution in [-0.2, 0) is 0 Å². The molecule has 0 saturated heterocycles. The summed E-state index contributed by atoms with van der Waals surface area (Å²) in [5.74, 6) is 12.6. The third kappa shape index (κ3) is 15.3. The summed E-state index contributed by atoms with van der Waals surface area (Å²) in [6.45, 7) is 6.91. The molecule has 0 aromatic carbocycles. The maximum Gasteiger partial charge on any atom is 1.00 e. The van der Waals surface area contributed by atoms with Crippen LogP contribution in [0, 0.1) is 65.2 Å². The van der Waals surface area contributed by atoms with E-state index in [2.05, 4.69) is 114 Å². The molecule has 82 heavy (non-hydrogen) atoms. The molecule has 0 atom stereocenters. The fraction of sp³-hybridized carbons (Fsp3) is 0.0667. The van der Waals surface area contributed by atoms with E-state index >= 15 is 0 Å². The van der Waals surface area contributed by atoms with Gasteiger partial charge in [-0.15, -0.1) is 35.9 Å². The second-order valence-electron chi connectivity index (χ2n) is 16.5. The van der Waals surface area contributed by atoms with E-state index in [4.69, 9.17) is 14.5 Å². The van der Waals surface area contributed by atoms with Crippen molar-refractivity contribution in [1.82, 2.24) is 58.1 Å². The molecule has 13 rings (SSSR count). The Hall–Kier alpha value is -9.40. The van der Waals surface area contributed by atoms with Gasteiger partial charge in [-0.25, -0.2) is 23.7 Å². The van der Waals surface area contributed by atoms with Crippen LogP contribution in [-0.4, -0.2) is 58.1 Å². The van der Waals surface area contributed by atoms with Crippen molar-refractivity contribution in [3.05, 3.63) is 230 Å². The monoisotopic (exact) mass is 1230 g/mol. The number of halogens is 4. The standard InChI is InChI=1S/C15H10FN3.C15H11N3O.C12H7BrFN3.C12H8BrN3O.2C3H4.HNO2.Na/c1-2-3-12-9-18-15(8-13(12)16)19-7-5-11-4-6-17-10-14(11)19;1-10-6-12-8-17-15(7-14(12)19-10)18-5-3-11-2-4-16-9-13(11)18;13-9-6-16-12(5-10(9)14)17-4-2-8-1-3-15-7-11(8)17;13-9-6-15-12(5-11(9)17)16-4-2-8-1-3-14-7-10(8)16;2*1-3-2;2-1-3;/h4-10H,1H3;2-9H,1H3;1-7H;1-7H,(H,15,17);2*1H,2H3;(H,2,3);/q;;;;;;;+1/p-1. The number of hydrogen-bond acceptors (Lipinski definition) is 12. The molecule has 0 amide bonds. The molecule has 0 spiro atoms. The number of pyridine rings is 8. The molecule has 0 bridgehead atoms. The Labute approximate surface area is 506 Å². The van der Waals surface area contributed by atoms with Gasteiger partial charge < -0.3 is 24.1 Å². The van der Waals surface area contributed by atoms with Gasteiger partial charge in [0.15, 0.2) is 5.43 Å². The Balaban J connectivity index is 0.000000167. The van der Waals surface area contributed by atoms with E-state index in [1.807, 2.05) is 108 Å². The van der Waals surface area contributed by atoms with E-state index in [1.54, 1.807) is 85.5 Å². The number of aromatic amines is 1. The minimum Gasteiger partial charge on any atom is -0.461 e. The van der Waals surface area contributed by atoms with Crippen molar-refractivity contribution in [3.8, 4) is 59.8 Å². The molecule has 0 radical (unpaired) electrons. The predicted octanol–water partition coefficient (Wildman–Crippen LogP) is 10.7. The molecular weight excluding hydrogens is 1190 g/mol. The Bertz CT molecular complexity index is 4500. The van der Waals surface area contributed by atoms with Crippen LogP contribution in [0.4, 0.5) is 8.78 Å². The number of nitrogens with one attached hydrogen (secondary N) is 1. The molecular formula is C60H44Br2F2N13NaO4. The summed E-state index contributed by atoms with van der Waals surface area (Å²) < 4.78 is 41.4. The van der Waals surface area contributed by atoms with Crippen LogP contribution < -0.4 is 35.0 Å². The number of fused-ring (bicyclic) bond motifs is 5. The zero-order valence-electron chi connectivity index (χ0n) is 44.4. The van der Waals surface area contributed by atoms with E-state index in [1.165, 1.54) is 24.5 Å². The molecule has 0 aliphatic rings. The second kappa shape index (κ2) is 30.3. The summed E-state index contributed by atoms with van der Waals surface area (Å²) in [6, 6.07) is 23.9. The minimum atomic E-state index is -0.370. The van der Waals surface area contributed by atoms with Gasteiger partial charge in [-0.05, 0) is 114 Å². The van der Waals surface area contributed by atoms with Crippen molar-refractivity contribution in [2.24, 2.45) is 5.34 Å². The van der Waals surface area contributed by atoms with Gasteiger partial charge in [0.1, 0.15) is 46.2 Å². The molecule has 0 aliphatic carbocycles. The summed E-state index contributed by atoms with van der Waals surface area (Å²) in [4.78, 5) is 51.9. The number of nitrogens with zero attached hydrogens (tertiary/aromatic N) is 12. The number of aryl methyl sites for hydroxylation is 1. The molecule has 13 aromatic heterocycles. The molecule has 402 valence electrons. The van der Waals surface area contributed by atoms with Crippen LogP contribution in [0.5, 0.6) is 0 Å². The number of furan rings is 1. The first-order valence-electron chi connectivity index (χ1n) is 23.9. The van der Waals surface area contributed by atoms with Gasteiger partial charge in [0.2, 0.25) is 0 Å². The third-order valence-electron chi connectivity index (χ3n) is 11.2. The Kier molecular flexibility index (Phi) is 22.8. The largest absolute Gasteiger partial charge is 1.00 e. The quantitative estimate of drug-likeness (QED) is 0.0758. The zero-order valence-corrected chi connectivity index (χ0v) is 49.6. The molecule has 0 saturated carbocycles. The number of aromatic nitrogens is 12. The summed E-state index contributed by atoms with van der Waals surface area (Å²) in [6.07, 6.45) is 37.2. The Morgan fingerprint density at radius 3 is 1.44 bits per heavy atom. The van der Waals surface area contributed by atoms with Gasteiger partial charge in [0, 0.05) is 126 Å². The van der Waals surface area contributed by atoms with Crippen molar-refractivity contribution in [2.45, 2.75) is 27.7 Å². The summed E-state index contributed by atoms with van der Waals surface area (Å²) in [5.41, 5.74) is 4.91. The second-order valence-corrected chi connectivity index (χ2v) is 18.2. The average molecular weight is 1230 g/mol. The molecule has 0 aliphatic heterocycles. The van der Waals surface area contributed by atoms with Gasteiger partial charge >= 0.3 is 29.6 Å². The summed E-state index contributed by atoms with van der Waals surface area (Å²) >= 11 is 6.26. The van der Waals surface area contributed by atoms with Crippen molar-refractivity contribution < 1.29 is 42.8 Å². The summed E-state index contributed by atoms with van der Waals surface area (Å²) in [7, 11) is 0. The van der Waals surface area contributed by atoms with Crippen molar-refractivity contribution in [1.29, 1.82) is 0 Å². The van der Waals surface area contributed by atoms with Gasteiger partial charge in [-0.2, -0.15) is 0 Å². The maximum absolute atomic E-state index is 13.9. The Morgan fingerprint density at radius 2 is 1.00 bits per heavy atom. The molecule has 0 fully saturated rings. The predicted molar refractivity (Wildman–Crippen MR) is 319 cm³/mol. The average Bonchev–Trinajstić information content (AvgIpc) is 4.40. The van der Waals surface area contributed by atoms with Crippen LogP contribution in [0.15, 0.2) is 202 Å². The number of rotatable bonds is 4. The van der Waals surface area contributed by atoms with E-state index in [9.17, 15) is 13.6 Å². The first-order valence-corrected chi connectivity index (χ1v) is 25.4. The fourth-order valence-electron chi connectivity index (χ4n) is 7.79. The van der Waals surface area contributed by atoms with Crippen LogP contribution >= 0.6 is 31.9 Å². The molecule has 17 nitrogen and oxygen atoms in total. The maximum atomic E-state index is 13.9. The topological polar surface area (TPSA) is 208 Å². The smallest absolute Gasteiger partial charge is 0.461 e. The summed E-state index contributed by atoms with van der Waals surface area (Å²) in [5, 5.41) is 14.3. The van der Waals surface area contributed by atoms with Crippen LogP contribution in [0.2, 0.25) is 0 Å². The van der Waals surface area contributed by atoms with Crippen LogP contribution in [0.3, 0.4) is 0 Å². The van der Waals surface area contributed by atoms with Gasteiger partial charge in [0.25, 0.3) is 0 Å². The van der Waals surface area contributed by atoms with Gasteiger partial charge in [-0.3, -0.25) is 38.4 Å². The molecule has 1 N–H and O–H groups in total. The number of terminal acetylenes is 2. The Morgan fingerprint density at radius 1 is 0.585 bits per heavy atom. The first kappa shape index (κ1) is 61.8. The SMILES string of the molecule is C#CC.C#CC.CC#Cc1cnc(-n2ccc3ccncc32)cc1F.Cc1cc2cnc(-n3ccc4ccncc43)cc2o1.Fc1cc(-n2ccc3ccncc32)ncc1Br.O=N[O-].O=c1cc(-n2ccc3ccncc32)[nH]cc1Br.[Na+]. The molecule has 13 heterocycles. The minimum absolute atomic E-state index is 0. The van der Waals surface area contributed by atoms with Crippen molar-refractivity contribution in [2.75, 3.05) is 0 Å². The van der Waals surface area contributed by atoms with Crippen molar-refractivity contribution in [3.63, 3.8) is 0 Å². The normalized spacial score (nSPS) is 9.88. The van der Waals surface area contributed by atoms with E-state index in [0.717, 1.165) is 77.3 Å². The number of H-pyrrole nitrogens is 1. The van der Waals surface area contributed by atoms with E-state index < -0.39 is 0 Å². The molecule has 13 aromatic rings. The third-order valence-corrected chi connectivity index (χ3v) is 12.4. The van der Waals surface area contributed by atoms with Gasteiger partial charge in [0.05, 0.1) is 61.4 Å². The fourth-order valence-corrected chi connectivity index (χ4v) is 8.24. The molecule has 0 unspecified atom stereocenters. The van der Waals surface area contributed by atoms with Gasteiger partial charge in [-0.1, -0.05) is 5.92 Å². The van der Waals surface area contributed by atoms with E-state index in [-0.39, 0.29) is 46.6 Å². The van der Waals surface area contributed by atoms with Crippen LogP contribution in [0.25, 0.3) is 77.9 Å². The zero-order chi connectivity index (χ0) is 57.8. The number of hydrogen-bond donors (Lipinski definition) is 1. The van der Waals surface area contributed by atoms with Crippen LogP contribution in [0.1, 0.15) is 32.1 Å². The first-order chi connectivity index (χ1) is 39.4. The molecule has 22 heteroatoms. The van der Waals surface area contributed by atoms with Crippen molar-refractivity contribution >= 4 is 86.4 Å². The van der Waals surface area contributed by atoms with E-state index in [0.29, 0.717) is 26.1 Å².